The molecule has 0 spiro atoms. The first-order valence-electron chi connectivity index (χ1n) is 7.25. The van der Waals surface area contributed by atoms with Crippen LogP contribution in [0.15, 0.2) is 39.9 Å². The standard InChI is InChI=1S/C16H17N3O6/c1-18-14(17)13(15(22)19(2)16(18)23)11(20)8-25-12(21)9-24-10-6-4-3-5-7-10/h3-7H,8-9,17H2,1-2H3. The summed E-state index contributed by atoms with van der Waals surface area (Å²) in [6.45, 7) is -1.08. The van der Waals surface area contributed by atoms with Gasteiger partial charge in [0.1, 0.15) is 17.1 Å². The molecule has 2 N–H and O–H groups in total. The number of para-hydroxylation sites is 1. The smallest absolute Gasteiger partial charge is 0.344 e. The van der Waals surface area contributed by atoms with Gasteiger partial charge in [-0.2, -0.15) is 0 Å². The molecule has 132 valence electrons. The van der Waals surface area contributed by atoms with E-state index in [4.69, 9.17) is 15.2 Å². The predicted molar refractivity (Wildman–Crippen MR) is 88.6 cm³/mol. The van der Waals surface area contributed by atoms with Crippen molar-refractivity contribution in [2.45, 2.75) is 0 Å². The van der Waals surface area contributed by atoms with Gasteiger partial charge in [-0.3, -0.25) is 18.7 Å². The number of ether oxygens (including phenoxy) is 2. The fraction of sp³-hybridized carbons (Fsp3) is 0.250. The minimum absolute atomic E-state index is 0.283. The Morgan fingerprint density at radius 1 is 1.04 bits per heavy atom. The van der Waals surface area contributed by atoms with E-state index in [0.29, 0.717) is 5.75 Å². The van der Waals surface area contributed by atoms with E-state index in [-0.39, 0.29) is 5.82 Å². The molecular formula is C16H17N3O6. The lowest BCUT2D eigenvalue weighted by atomic mass is 10.2. The Morgan fingerprint density at radius 3 is 2.32 bits per heavy atom. The van der Waals surface area contributed by atoms with E-state index in [1.54, 1.807) is 30.3 Å². The van der Waals surface area contributed by atoms with E-state index in [1.807, 2.05) is 0 Å². The third-order valence-corrected chi connectivity index (χ3v) is 3.45. The number of rotatable bonds is 6. The van der Waals surface area contributed by atoms with E-state index in [9.17, 15) is 19.2 Å². The maximum atomic E-state index is 12.2. The lowest BCUT2D eigenvalue weighted by Crippen LogP contribution is -2.42. The van der Waals surface area contributed by atoms with Crippen LogP contribution in [0.1, 0.15) is 10.4 Å². The molecule has 0 amide bonds. The van der Waals surface area contributed by atoms with E-state index < -0.39 is 41.8 Å². The average molecular weight is 347 g/mol. The number of nitrogens with two attached hydrogens (primary N) is 1. The van der Waals surface area contributed by atoms with E-state index in [1.165, 1.54) is 14.1 Å². The van der Waals surface area contributed by atoms with Gasteiger partial charge in [0.05, 0.1) is 0 Å². The molecule has 1 aromatic carbocycles. The van der Waals surface area contributed by atoms with Gasteiger partial charge in [0.15, 0.2) is 13.2 Å². The highest BCUT2D eigenvalue weighted by atomic mass is 16.6. The molecule has 0 bridgehead atoms. The number of hydrogen-bond acceptors (Lipinski definition) is 7. The number of carbonyl (C=O) groups is 2. The Balaban J connectivity index is 2.02. The summed E-state index contributed by atoms with van der Waals surface area (Å²) in [5.41, 5.74) is 3.75. The largest absolute Gasteiger partial charge is 0.482 e. The maximum absolute atomic E-state index is 12.2. The lowest BCUT2D eigenvalue weighted by Gasteiger charge is -2.11. The summed E-state index contributed by atoms with van der Waals surface area (Å²) in [5.74, 6) is -1.39. The summed E-state index contributed by atoms with van der Waals surface area (Å²) in [7, 11) is 2.55. The molecule has 0 aliphatic rings. The van der Waals surface area contributed by atoms with Gasteiger partial charge in [-0.15, -0.1) is 0 Å². The Morgan fingerprint density at radius 2 is 1.68 bits per heavy atom. The van der Waals surface area contributed by atoms with Crippen LogP contribution in [0.3, 0.4) is 0 Å². The van der Waals surface area contributed by atoms with Crippen LogP contribution in [0, 0.1) is 0 Å². The highest BCUT2D eigenvalue weighted by Gasteiger charge is 2.21. The molecule has 0 saturated heterocycles. The molecule has 0 aliphatic carbocycles. The van der Waals surface area contributed by atoms with Gasteiger partial charge in [0.25, 0.3) is 5.56 Å². The van der Waals surface area contributed by atoms with Gasteiger partial charge in [-0.05, 0) is 12.1 Å². The molecule has 0 radical (unpaired) electrons. The number of esters is 1. The van der Waals surface area contributed by atoms with Crippen LogP contribution in [0.25, 0.3) is 0 Å². The Bertz CT molecular complexity index is 914. The number of hydrogen-bond donors (Lipinski definition) is 1. The van der Waals surface area contributed by atoms with Gasteiger partial charge in [0.2, 0.25) is 5.78 Å². The summed E-state index contributed by atoms with van der Waals surface area (Å²) < 4.78 is 11.7. The SMILES string of the molecule is Cn1c(N)c(C(=O)COC(=O)COc2ccccc2)c(=O)n(C)c1=O. The van der Waals surface area contributed by atoms with E-state index >= 15 is 0 Å². The summed E-state index contributed by atoms with van der Waals surface area (Å²) in [6, 6.07) is 8.59. The lowest BCUT2D eigenvalue weighted by molar-refractivity contribution is -0.144. The Hall–Kier alpha value is -3.36. The number of carbonyl (C=O) groups excluding carboxylic acids is 2. The van der Waals surface area contributed by atoms with Crippen molar-refractivity contribution in [2.75, 3.05) is 18.9 Å². The second-order valence-corrected chi connectivity index (χ2v) is 5.15. The fourth-order valence-corrected chi connectivity index (χ4v) is 2.04. The number of Topliss-reactive ketones (excluding diaryl/α,β-unsaturated/α-hetero) is 1. The Labute approximate surface area is 142 Å². The molecule has 2 rings (SSSR count). The monoisotopic (exact) mass is 347 g/mol. The Kier molecular flexibility index (Phi) is 5.38. The zero-order chi connectivity index (χ0) is 18.6. The van der Waals surface area contributed by atoms with Crippen LogP contribution < -0.4 is 21.7 Å². The number of ketones is 1. The second-order valence-electron chi connectivity index (χ2n) is 5.15. The predicted octanol–water partition coefficient (Wildman–Crippen LogP) is -0.529. The molecule has 2 aromatic rings. The molecule has 0 atom stereocenters. The number of anilines is 1. The van der Waals surface area contributed by atoms with Gasteiger partial charge < -0.3 is 15.2 Å². The summed E-state index contributed by atoms with van der Waals surface area (Å²) >= 11 is 0. The quantitative estimate of drug-likeness (QED) is 0.550. The van der Waals surface area contributed by atoms with E-state index in [0.717, 1.165) is 9.13 Å². The molecule has 0 unspecified atom stereocenters. The third-order valence-electron chi connectivity index (χ3n) is 3.45. The number of nitrogens with zero attached hydrogens (tertiary/aromatic N) is 2. The highest BCUT2D eigenvalue weighted by molar-refractivity contribution is 6.01. The van der Waals surface area contributed by atoms with Crippen LogP contribution in [-0.4, -0.2) is 34.1 Å². The molecule has 1 heterocycles. The normalized spacial score (nSPS) is 10.3. The minimum Gasteiger partial charge on any atom is -0.482 e. The minimum atomic E-state index is -0.845. The maximum Gasteiger partial charge on any atom is 0.344 e. The number of aromatic nitrogens is 2. The van der Waals surface area contributed by atoms with Gasteiger partial charge in [-0.25, -0.2) is 9.59 Å². The first-order valence-corrected chi connectivity index (χ1v) is 7.25. The van der Waals surface area contributed by atoms with Gasteiger partial charge in [-0.1, -0.05) is 18.2 Å². The van der Waals surface area contributed by atoms with Crippen LogP contribution in [-0.2, 0) is 23.6 Å². The van der Waals surface area contributed by atoms with Crippen molar-refractivity contribution in [2.24, 2.45) is 14.1 Å². The number of nitrogen functional groups attached to an aromatic ring is 1. The van der Waals surface area contributed by atoms with E-state index in [2.05, 4.69) is 0 Å². The van der Waals surface area contributed by atoms with Crippen molar-refractivity contribution in [3.63, 3.8) is 0 Å². The van der Waals surface area contributed by atoms with Crippen LogP contribution in [0.5, 0.6) is 5.75 Å². The van der Waals surface area contributed by atoms with Crippen molar-refractivity contribution in [3.8, 4) is 5.75 Å². The van der Waals surface area contributed by atoms with Gasteiger partial charge in [0, 0.05) is 14.1 Å². The molecule has 1 aromatic heterocycles. The van der Waals surface area contributed by atoms with Crippen LogP contribution in [0.4, 0.5) is 5.82 Å². The van der Waals surface area contributed by atoms with Crippen molar-refractivity contribution >= 4 is 17.6 Å². The summed E-state index contributed by atoms with van der Waals surface area (Å²) in [6.07, 6.45) is 0. The van der Waals surface area contributed by atoms with Crippen LogP contribution >= 0.6 is 0 Å². The van der Waals surface area contributed by atoms with Gasteiger partial charge >= 0.3 is 11.7 Å². The first-order chi connectivity index (χ1) is 11.8. The first kappa shape index (κ1) is 18.0. The topological polar surface area (TPSA) is 123 Å². The molecule has 0 saturated carbocycles. The average Bonchev–Trinajstić information content (AvgIpc) is 2.62. The third kappa shape index (κ3) is 3.94. The summed E-state index contributed by atoms with van der Waals surface area (Å²) in [4.78, 5) is 47.5. The van der Waals surface area contributed by atoms with Crippen molar-refractivity contribution in [1.29, 1.82) is 0 Å². The summed E-state index contributed by atoms with van der Waals surface area (Å²) in [5, 5.41) is 0. The van der Waals surface area contributed by atoms with Crippen molar-refractivity contribution in [3.05, 3.63) is 56.7 Å². The highest BCUT2D eigenvalue weighted by Crippen LogP contribution is 2.08. The zero-order valence-electron chi connectivity index (χ0n) is 13.7. The molecule has 9 nitrogen and oxygen atoms in total. The van der Waals surface area contributed by atoms with Crippen molar-refractivity contribution < 1.29 is 19.1 Å². The second kappa shape index (κ2) is 7.47. The molecular weight excluding hydrogens is 330 g/mol. The molecule has 25 heavy (non-hydrogen) atoms. The van der Waals surface area contributed by atoms with Crippen molar-refractivity contribution in [1.82, 2.24) is 9.13 Å². The fourth-order valence-electron chi connectivity index (χ4n) is 2.04. The van der Waals surface area contributed by atoms with Crippen LogP contribution in [0.2, 0.25) is 0 Å². The molecule has 0 fully saturated rings. The molecule has 9 heteroatoms. The zero-order valence-corrected chi connectivity index (χ0v) is 13.7. The number of benzene rings is 1. The molecule has 0 aliphatic heterocycles.